The Hall–Kier alpha value is -3.31. The summed E-state index contributed by atoms with van der Waals surface area (Å²) < 4.78 is 30.8. The van der Waals surface area contributed by atoms with Crippen molar-refractivity contribution >= 4 is 22.6 Å². The number of ether oxygens (including phenoxy) is 2. The largest absolute Gasteiger partial charge is 0.497 e. The summed E-state index contributed by atoms with van der Waals surface area (Å²) >= 11 is 6.13. The van der Waals surface area contributed by atoms with E-state index in [0.29, 0.717) is 28.0 Å². The Bertz CT molecular complexity index is 1260. The first kappa shape index (κ1) is 20.0. The fourth-order valence-electron chi connectivity index (χ4n) is 3.33. The van der Waals surface area contributed by atoms with Gasteiger partial charge in [0.05, 0.1) is 17.5 Å². The maximum atomic E-state index is 14.2. The Morgan fingerprint density at radius 2 is 1.83 bits per heavy atom. The lowest BCUT2D eigenvalue weighted by atomic mass is 10.00. The van der Waals surface area contributed by atoms with E-state index >= 15 is 0 Å². The lowest BCUT2D eigenvalue weighted by Crippen LogP contribution is -2.03. The smallest absolute Gasteiger partial charge is 0.336 e. The first-order valence-corrected chi connectivity index (χ1v) is 9.62. The van der Waals surface area contributed by atoms with E-state index in [0.717, 1.165) is 11.1 Å². The molecular formula is C24H18ClFO4. The second-order valence-corrected chi connectivity index (χ2v) is 7.24. The summed E-state index contributed by atoms with van der Waals surface area (Å²) in [4.78, 5) is 12.2. The van der Waals surface area contributed by atoms with Gasteiger partial charge in [0, 0.05) is 17.2 Å². The predicted molar refractivity (Wildman–Crippen MR) is 115 cm³/mol. The number of halogens is 2. The molecule has 6 heteroatoms. The number of methoxy groups -OCH3 is 1. The quantitative estimate of drug-likeness (QED) is 0.360. The third-order valence-electron chi connectivity index (χ3n) is 4.79. The van der Waals surface area contributed by atoms with Gasteiger partial charge in [-0.05, 0) is 54.4 Å². The molecule has 0 N–H and O–H groups in total. The van der Waals surface area contributed by atoms with Crippen LogP contribution in [0.1, 0.15) is 11.1 Å². The average molecular weight is 425 g/mol. The Balaban J connectivity index is 1.85. The summed E-state index contributed by atoms with van der Waals surface area (Å²) in [6.45, 7) is 1.80. The minimum Gasteiger partial charge on any atom is -0.497 e. The topological polar surface area (TPSA) is 48.7 Å². The zero-order chi connectivity index (χ0) is 21.3. The second-order valence-electron chi connectivity index (χ2n) is 6.83. The van der Waals surface area contributed by atoms with E-state index in [1.165, 1.54) is 12.1 Å². The summed E-state index contributed by atoms with van der Waals surface area (Å²) in [5.74, 6) is 0.729. The number of aryl methyl sites for hydroxylation is 1. The molecule has 0 amide bonds. The SMILES string of the molecule is COc1ccc(-c2cc(=O)oc3cc(C)cc(OCc4c(F)cccc4Cl)c23)cc1. The summed E-state index contributed by atoms with van der Waals surface area (Å²) in [7, 11) is 1.59. The summed E-state index contributed by atoms with van der Waals surface area (Å²) in [6.07, 6.45) is 0. The molecule has 0 saturated carbocycles. The van der Waals surface area contributed by atoms with Crippen molar-refractivity contribution in [2.24, 2.45) is 0 Å². The van der Waals surface area contributed by atoms with Gasteiger partial charge in [-0.25, -0.2) is 9.18 Å². The molecule has 0 aliphatic rings. The molecule has 1 heterocycles. The van der Waals surface area contributed by atoms with Crippen LogP contribution in [-0.4, -0.2) is 7.11 Å². The molecule has 4 aromatic rings. The number of benzene rings is 3. The highest BCUT2D eigenvalue weighted by Gasteiger charge is 2.16. The van der Waals surface area contributed by atoms with Crippen LogP contribution in [0.25, 0.3) is 22.1 Å². The molecule has 0 saturated heterocycles. The minimum atomic E-state index is -0.470. The molecule has 0 spiro atoms. The highest BCUT2D eigenvalue weighted by molar-refractivity contribution is 6.31. The van der Waals surface area contributed by atoms with Gasteiger partial charge >= 0.3 is 5.63 Å². The van der Waals surface area contributed by atoms with Crippen LogP contribution in [0, 0.1) is 12.7 Å². The summed E-state index contributed by atoms with van der Waals surface area (Å²) in [5, 5.41) is 0.909. The van der Waals surface area contributed by atoms with Crippen LogP contribution in [0.15, 0.2) is 69.9 Å². The third-order valence-corrected chi connectivity index (χ3v) is 5.14. The van der Waals surface area contributed by atoms with Crippen LogP contribution >= 0.6 is 11.6 Å². The van der Waals surface area contributed by atoms with Crippen molar-refractivity contribution in [2.75, 3.05) is 7.11 Å². The van der Waals surface area contributed by atoms with E-state index in [-0.39, 0.29) is 17.2 Å². The van der Waals surface area contributed by atoms with Crippen LogP contribution in [0.4, 0.5) is 4.39 Å². The van der Waals surface area contributed by atoms with Crippen molar-refractivity contribution in [3.8, 4) is 22.6 Å². The van der Waals surface area contributed by atoms with Crippen molar-refractivity contribution in [1.82, 2.24) is 0 Å². The molecule has 0 aliphatic carbocycles. The van der Waals surface area contributed by atoms with E-state index in [2.05, 4.69) is 0 Å². The molecule has 1 aromatic heterocycles. The Morgan fingerprint density at radius 3 is 2.53 bits per heavy atom. The van der Waals surface area contributed by atoms with Crippen molar-refractivity contribution in [3.05, 3.63) is 93.1 Å². The van der Waals surface area contributed by atoms with E-state index in [4.69, 9.17) is 25.5 Å². The van der Waals surface area contributed by atoms with Gasteiger partial charge in [0.2, 0.25) is 0 Å². The first-order valence-electron chi connectivity index (χ1n) is 9.25. The minimum absolute atomic E-state index is 0.0642. The van der Waals surface area contributed by atoms with Crippen molar-refractivity contribution in [1.29, 1.82) is 0 Å². The molecular weight excluding hydrogens is 407 g/mol. The van der Waals surface area contributed by atoms with Crippen molar-refractivity contribution < 1.29 is 18.3 Å². The number of hydrogen-bond acceptors (Lipinski definition) is 4. The molecule has 0 fully saturated rings. The second kappa shape index (κ2) is 8.20. The Labute approximate surface area is 177 Å². The van der Waals surface area contributed by atoms with Crippen LogP contribution in [0.2, 0.25) is 5.02 Å². The van der Waals surface area contributed by atoms with Gasteiger partial charge in [-0.2, -0.15) is 0 Å². The lowest BCUT2D eigenvalue weighted by Gasteiger charge is -2.14. The van der Waals surface area contributed by atoms with Crippen LogP contribution in [-0.2, 0) is 6.61 Å². The maximum Gasteiger partial charge on any atom is 0.336 e. The monoisotopic (exact) mass is 424 g/mol. The zero-order valence-corrected chi connectivity index (χ0v) is 17.1. The number of rotatable bonds is 5. The molecule has 0 bridgehead atoms. The average Bonchev–Trinajstić information content (AvgIpc) is 2.72. The Kier molecular flexibility index (Phi) is 5.46. The number of hydrogen-bond donors (Lipinski definition) is 0. The van der Waals surface area contributed by atoms with Crippen molar-refractivity contribution in [3.63, 3.8) is 0 Å². The lowest BCUT2D eigenvalue weighted by molar-refractivity contribution is 0.303. The van der Waals surface area contributed by atoms with Gasteiger partial charge in [-0.1, -0.05) is 29.8 Å². The van der Waals surface area contributed by atoms with E-state index in [1.54, 1.807) is 25.3 Å². The molecule has 0 radical (unpaired) electrons. The van der Waals surface area contributed by atoms with Gasteiger partial charge in [-0.3, -0.25) is 0 Å². The summed E-state index contributed by atoms with van der Waals surface area (Å²) in [6, 6.07) is 16.8. The van der Waals surface area contributed by atoms with Gasteiger partial charge in [-0.15, -0.1) is 0 Å². The molecule has 0 unspecified atom stereocenters. The normalized spacial score (nSPS) is 10.9. The molecule has 30 heavy (non-hydrogen) atoms. The van der Waals surface area contributed by atoms with Crippen LogP contribution in [0.5, 0.6) is 11.5 Å². The van der Waals surface area contributed by atoms with Gasteiger partial charge < -0.3 is 13.9 Å². The number of fused-ring (bicyclic) bond motifs is 1. The standard InChI is InChI=1S/C24H18ClFO4/c1-14-10-21(29-13-18-19(25)4-3-5-20(18)26)24-17(12-23(27)30-22(24)11-14)15-6-8-16(28-2)9-7-15/h3-12H,13H2,1-2H3. The van der Waals surface area contributed by atoms with Gasteiger partial charge in [0.25, 0.3) is 0 Å². The molecule has 3 aromatic carbocycles. The van der Waals surface area contributed by atoms with Crippen LogP contribution in [0.3, 0.4) is 0 Å². The highest BCUT2D eigenvalue weighted by Crippen LogP contribution is 2.36. The third kappa shape index (κ3) is 3.89. The molecule has 0 atom stereocenters. The zero-order valence-electron chi connectivity index (χ0n) is 16.4. The summed E-state index contributed by atoms with van der Waals surface area (Å²) in [5.41, 5.74) is 2.47. The highest BCUT2D eigenvalue weighted by atomic mass is 35.5. The molecule has 0 aliphatic heterocycles. The first-order chi connectivity index (χ1) is 14.5. The fraction of sp³-hybridized carbons (Fsp3) is 0.125. The van der Waals surface area contributed by atoms with Gasteiger partial charge in [0.15, 0.2) is 0 Å². The van der Waals surface area contributed by atoms with E-state index in [9.17, 15) is 9.18 Å². The maximum absolute atomic E-state index is 14.2. The van der Waals surface area contributed by atoms with E-state index < -0.39 is 11.4 Å². The fourth-order valence-corrected chi connectivity index (χ4v) is 3.54. The van der Waals surface area contributed by atoms with Gasteiger partial charge in [0.1, 0.15) is 29.5 Å². The Morgan fingerprint density at radius 1 is 1.07 bits per heavy atom. The predicted octanol–water partition coefficient (Wildman–Crippen LogP) is 6.15. The molecule has 152 valence electrons. The molecule has 4 nitrogen and oxygen atoms in total. The van der Waals surface area contributed by atoms with Crippen molar-refractivity contribution in [2.45, 2.75) is 13.5 Å². The van der Waals surface area contributed by atoms with E-state index in [1.807, 2.05) is 37.3 Å². The molecule has 4 rings (SSSR count). The van der Waals surface area contributed by atoms with Crippen LogP contribution < -0.4 is 15.1 Å².